The molecule has 1 rings (SSSR count). The summed E-state index contributed by atoms with van der Waals surface area (Å²) in [7, 11) is 0. The van der Waals surface area contributed by atoms with Gasteiger partial charge in [-0.3, -0.25) is 0 Å². The molecule has 62 valence electrons. The van der Waals surface area contributed by atoms with Gasteiger partial charge in [-0.25, -0.2) is 4.79 Å². The van der Waals surface area contributed by atoms with E-state index in [1.165, 1.54) is 0 Å². The van der Waals surface area contributed by atoms with Crippen LogP contribution >= 0.6 is 24.8 Å². The van der Waals surface area contributed by atoms with Crippen LogP contribution in [0.5, 0.6) is 0 Å². The third-order valence-corrected chi connectivity index (χ3v) is 0.897. The SMILES string of the molecule is CC1(C)COC(=O)O1.Cl.Cl. The van der Waals surface area contributed by atoms with Crippen molar-refractivity contribution in [3.8, 4) is 0 Å². The van der Waals surface area contributed by atoms with Crippen LogP contribution in [0.15, 0.2) is 0 Å². The van der Waals surface area contributed by atoms with Crippen molar-refractivity contribution < 1.29 is 14.3 Å². The molecule has 0 aliphatic carbocycles. The molecule has 5 heteroatoms. The van der Waals surface area contributed by atoms with Crippen LogP contribution in [0.4, 0.5) is 4.79 Å². The first kappa shape index (κ1) is 12.5. The highest BCUT2D eigenvalue weighted by atomic mass is 35.5. The molecule has 0 aromatic heterocycles. The molecular weight excluding hydrogens is 179 g/mol. The molecule has 0 bridgehead atoms. The predicted molar refractivity (Wildman–Crippen MR) is 41.0 cm³/mol. The summed E-state index contributed by atoms with van der Waals surface area (Å²) in [6, 6.07) is 0. The Balaban J connectivity index is 0. The maximum absolute atomic E-state index is 10.2. The summed E-state index contributed by atoms with van der Waals surface area (Å²) in [5.41, 5.74) is -0.406. The molecule has 1 saturated heterocycles. The summed E-state index contributed by atoms with van der Waals surface area (Å²) in [5.74, 6) is 0. The fourth-order valence-corrected chi connectivity index (χ4v) is 0.517. The van der Waals surface area contributed by atoms with Gasteiger partial charge in [-0.2, -0.15) is 0 Å². The minimum Gasteiger partial charge on any atom is -0.430 e. The molecule has 0 aromatic rings. The van der Waals surface area contributed by atoms with E-state index >= 15 is 0 Å². The van der Waals surface area contributed by atoms with Gasteiger partial charge >= 0.3 is 6.16 Å². The molecule has 1 fully saturated rings. The molecule has 0 radical (unpaired) electrons. The zero-order chi connectivity index (χ0) is 6.20. The molecule has 0 aromatic carbocycles. The molecule has 0 N–H and O–H groups in total. The second-order valence-electron chi connectivity index (χ2n) is 2.40. The maximum Gasteiger partial charge on any atom is 0.509 e. The Labute approximate surface area is 71.9 Å². The number of cyclic esters (lactones) is 2. The summed E-state index contributed by atoms with van der Waals surface area (Å²) in [5, 5.41) is 0. The van der Waals surface area contributed by atoms with Crippen molar-refractivity contribution >= 4 is 31.0 Å². The van der Waals surface area contributed by atoms with Crippen molar-refractivity contribution in [1.82, 2.24) is 0 Å². The first-order valence-electron chi connectivity index (χ1n) is 2.46. The molecule has 1 aliphatic rings. The Morgan fingerprint density at radius 3 is 2.00 bits per heavy atom. The van der Waals surface area contributed by atoms with Gasteiger partial charge in [-0.15, -0.1) is 24.8 Å². The molecule has 0 atom stereocenters. The number of halogens is 2. The number of ether oxygens (including phenoxy) is 2. The average Bonchev–Trinajstić information content (AvgIpc) is 1.82. The number of carbonyl (C=O) groups excluding carboxylic acids is 1. The van der Waals surface area contributed by atoms with E-state index in [9.17, 15) is 4.79 Å². The van der Waals surface area contributed by atoms with Gasteiger partial charge in [0, 0.05) is 0 Å². The van der Waals surface area contributed by atoms with Crippen molar-refractivity contribution in [2.75, 3.05) is 6.61 Å². The van der Waals surface area contributed by atoms with Crippen LogP contribution in [0.2, 0.25) is 0 Å². The molecule has 0 amide bonds. The zero-order valence-electron chi connectivity index (χ0n) is 5.75. The minimum atomic E-state index is -0.560. The molecule has 3 nitrogen and oxygen atoms in total. The van der Waals surface area contributed by atoms with Gasteiger partial charge in [-0.1, -0.05) is 0 Å². The van der Waals surface area contributed by atoms with Crippen LogP contribution in [0, 0.1) is 0 Å². The molecule has 0 spiro atoms. The summed E-state index contributed by atoms with van der Waals surface area (Å²) in [6.07, 6.45) is -0.560. The van der Waals surface area contributed by atoms with Crippen molar-refractivity contribution in [2.45, 2.75) is 19.4 Å². The lowest BCUT2D eigenvalue weighted by Gasteiger charge is -2.09. The Morgan fingerprint density at radius 2 is 1.90 bits per heavy atom. The summed E-state index contributed by atoms with van der Waals surface area (Å²) in [4.78, 5) is 10.2. The highest BCUT2D eigenvalue weighted by Gasteiger charge is 2.32. The largest absolute Gasteiger partial charge is 0.509 e. The van der Waals surface area contributed by atoms with Gasteiger partial charge in [-0.05, 0) is 13.8 Å². The van der Waals surface area contributed by atoms with Gasteiger partial charge in [0.15, 0.2) is 0 Å². The molecule has 1 heterocycles. The topological polar surface area (TPSA) is 35.5 Å². The predicted octanol–water partition coefficient (Wildman–Crippen LogP) is 1.78. The zero-order valence-corrected chi connectivity index (χ0v) is 7.38. The van der Waals surface area contributed by atoms with E-state index in [0.717, 1.165) is 0 Å². The standard InChI is InChI=1S/C5H8O3.2ClH/c1-5(2)3-7-4(6)8-5;;/h3H2,1-2H3;2*1H. The van der Waals surface area contributed by atoms with Crippen molar-refractivity contribution in [3.63, 3.8) is 0 Å². The normalized spacial score (nSPS) is 19.6. The van der Waals surface area contributed by atoms with Gasteiger partial charge in [0.05, 0.1) is 0 Å². The van der Waals surface area contributed by atoms with Crippen molar-refractivity contribution in [1.29, 1.82) is 0 Å². The van der Waals surface area contributed by atoms with E-state index in [1.54, 1.807) is 13.8 Å². The minimum absolute atomic E-state index is 0. The van der Waals surface area contributed by atoms with Crippen LogP contribution in [0.3, 0.4) is 0 Å². The average molecular weight is 189 g/mol. The third-order valence-electron chi connectivity index (χ3n) is 0.897. The van der Waals surface area contributed by atoms with E-state index < -0.39 is 11.8 Å². The monoisotopic (exact) mass is 188 g/mol. The fourth-order valence-electron chi connectivity index (χ4n) is 0.517. The highest BCUT2D eigenvalue weighted by Crippen LogP contribution is 2.17. The van der Waals surface area contributed by atoms with Gasteiger partial charge in [0.1, 0.15) is 12.2 Å². The molecule has 0 saturated carbocycles. The molecular formula is C5H10Cl2O3. The first-order valence-corrected chi connectivity index (χ1v) is 2.46. The van der Waals surface area contributed by atoms with Crippen molar-refractivity contribution in [3.05, 3.63) is 0 Å². The number of hydrogen-bond donors (Lipinski definition) is 0. The third kappa shape index (κ3) is 3.13. The quantitative estimate of drug-likeness (QED) is 0.544. The van der Waals surface area contributed by atoms with Crippen molar-refractivity contribution in [2.24, 2.45) is 0 Å². The number of carbonyl (C=O) groups is 1. The van der Waals surface area contributed by atoms with Gasteiger partial charge in [0.25, 0.3) is 0 Å². The second-order valence-corrected chi connectivity index (χ2v) is 2.40. The summed E-state index contributed by atoms with van der Waals surface area (Å²) in [6.45, 7) is 3.97. The van der Waals surface area contributed by atoms with E-state index in [2.05, 4.69) is 9.47 Å². The van der Waals surface area contributed by atoms with Crippen LogP contribution in [-0.4, -0.2) is 18.4 Å². The summed E-state index contributed by atoms with van der Waals surface area (Å²) >= 11 is 0. The van der Waals surface area contributed by atoms with Crippen LogP contribution in [0.25, 0.3) is 0 Å². The lowest BCUT2D eigenvalue weighted by molar-refractivity contribution is 0.0839. The smallest absolute Gasteiger partial charge is 0.430 e. The van der Waals surface area contributed by atoms with E-state index in [1.807, 2.05) is 0 Å². The van der Waals surface area contributed by atoms with Gasteiger partial charge < -0.3 is 9.47 Å². The van der Waals surface area contributed by atoms with Crippen LogP contribution in [-0.2, 0) is 9.47 Å². The highest BCUT2D eigenvalue weighted by molar-refractivity contribution is 5.85. The lowest BCUT2D eigenvalue weighted by Crippen LogP contribution is -2.21. The van der Waals surface area contributed by atoms with E-state index in [0.29, 0.717) is 6.61 Å². The Hall–Kier alpha value is -0.150. The second kappa shape index (κ2) is 3.88. The molecule has 10 heavy (non-hydrogen) atoms. The van der Waals surface area contributed by atoms with E-state index in [-0.39, 0.29) is 24.8 Å². The Morgan fingerprint density at radius 1 is 1.40 bits per heavy atom. The molecule has 0 unspecified atom stereocenters. The Bertz CT molecular complexity index is 124. The van der Waals surface area contributed by atoms with E-state index in [4.69, 9.17) is 0 Å². The number of hydrogen-bond acceptors (Lipinski definition) is 3. The van der Waals surface area contributed by atoms with Crippen LogP contribution < -0.4 is 0 Å². The Kier molecular flexibility index (Phi) is 4.86. The summed E-state index contributed by atoms with van der Waals surface area (Å²) < 4.78 is 9.19. The van der Waals surface area contributed by atoms with Crippen LogP contribution in [0.1, 0.15) is 13.8 Å². The maximum atomic E-state index is 10.2. The lowest BCUT2D eigenvalue weighted by atomic mass is 10.2. The molecule has 1 aliphatic heterocycles. The fraction of sp³-hybridized carbons (Fsp3) is 0.800. The first-order chi connectivity index (χ1) is 3.60. The van der Waals surface area contributed by atoms with Gasteiger partial charge in [0.2, 0.25) is 0 Å². The number of rotatable bonds is 0.